The first-order chi connectivity index (χ1) is 11.3. The van der Waals surface area contributed by atoms with Gasteiger partial charge in [-0.05, 0) is 25.8 Å². The fourth-order valence-corrected chi connectivity index (χ4v) is 3.40. The smallest absolute Gasteiger partial charge is 0.327 e. The molecule has 124 valence electrons. The van der Waals surface area contributed by atoms with Crippen LogP contribution in [0.3, 0.4) is 0 Å². The largest absolute Gasteiger partial charge is 0.465 e. The Balaban J connectivity index is 1.87. The summed E-state index contributed by atoms with van der Waals surface area (Å²) in [6, 6.07) is 8.30. The summed E-state index contributed by atoms with van der Waals surface area (Å²) in [6.45, 7) is 2.93. The van der Waals surface area contributed by atoms with Crippen molar-refractivity contribution in [3.63, 3.8) is 0 Å². The number of hydrazone groups is 1. The number of carbonyl (C=O) groups excluding carboxylic acids is 1. The van der Waals surface area contributed by atoms with E-state index in [1.165, 1.54) is 37.7 Å². The number of nitrogens with zero attached hydrogens (tertiary/aromatic N) is 2. The maximum absolute atomic E-state index is 11.8. The highest BCUT2D eigenvalue weighted by Crippen LogP contribution is 2.31. The Bertz CT molecular complexity index is 579. The van der Waals surface area contributed by atoms with Crippen LogP contribution in [0, 0.1) is 5.92 Å². The molecule has 0 unspecified atom stereocenters. The minimum absolute atomic E-state index is 0.186. The maximum Gasteiger partial charge on any atom is 0.327 e. The molecule has 2 aliphatic rings. The van der Waals surface area contributed by atoms with Gasteiger partial charge in [-0.15, -0.1) is 0 Å². The van der Waals surface area contributed by atoms with Gasteiger partial charge in [0.2, 0.25) is 0 Å². The number of ether oxygens (including phenoxy) is 1. The minimum Gasteiger partial charge on any atom is -0.465 e. The van der Waals surface area contributed by atoms with E-state index in [0.29, 0.717) is 19.2 Å². The van der Waals surface area contributed by atoms with Crippen LogP contribution in [0.5, 0.6) is 0 Å². The SMILES string of the molecule is CCOC(=O)CN1CNc2ccccc2C(C2CCCCC2)=N1. The van der Waals surface area contributed by atoms with E-state index < -0.39 is 0 Å². The topological polar surface area (TPSA) is 53.9 Å². The van der Waals surface area contributed by atoms with E-state index in [-0.39, 0.29) is 12.5 Å². The summed E-state index contributed by atoms with van der Waals surface area (Å²) in [6.07, 6.45) is 6.20. The molecule has 1 aromatic rings. The Labute approximate surface area is 137 Å². The van der Waals surface area contributed by atoms with E-state index in [4.69, 9.17) is 9.84 Å². The first-order valence-corrected chi connectivity index (χ1v) is 8.60. The number of esters is 1. The number of hydrogen-bond donors (Lipinski definition) is 1. The Morgan fingerprint density at radius 2 is 2.09 bits per heavy atom. The Morgan fingerprint density at radius 3 is 2.87 bits per heavy atom. The van der Waals surface area contributed by atoms with Crippen LogP contribution < -0.4 is 5.32 Å². The molecule has 1 N–H and O–H groups in total. The zero-order valence-electron chi connectivity index (χ0n) is 13.8. The fraction of sp³-hybridized carbons (Fsp3) is 0.556. The number of rotatable bonds is 4. The van der Waals surface area contributed by atoms with E-state index in [1.54, 1.807) is 5.01 Å². The van der Waals surface area contributed by atoms with Crippen LogP contribution in [0.15, 0.2) is 29.4 Å². The van der Waals surface area contributed by atoms with Crippen LogP contribution in [0.1, 0.15) is 44.6 Å². The van der Waals surface area contributed by atoms with E-state index in [9.17, 15) is 4.79 Å². The lowest BCUT2D eigenvalue weighted by Crippen LogP contribution is -2.31. The third kappa shape index (κ3) is 3.84. The van der Waals surface area contributed by atoms with Gasteiger partial charge in [0, 0.05) is 17.2 Å². The van der Waals surface area contributed by atoms with Crippen molar-refractivity contribution in [2.75, 3.05) is 25.1 Å². The molecule has 1 fully saturated rings. The molecule has 0 amide bonds. The normalized spacial score (nSPS) is 18.5. The summed E-state index contributed by atoms with van der Waals surface area (Å²) in [5.74, 6) is 0.251. The molecular weight excluding hydrogens is 290 g/mol. The highest BCUT2D eigenvalue weighted by atomic mass is 16.5. The molecule has 1 heterocycles. The molecule has 5 nitrogen and oxygen atoms in total. The number of hydrogen-bond acceptors (Lipinski definition) is 5. The predicted molar refractivity (Wildman–Crippen MR) is 91.4 cm³/mol. The molecule has 1 saturated carbocycles. The van der Waals surface area contributed by atoms with Gasteiger partial charge < -0.3 is 10.1 Å². The average Bonchev–Trinajstić information content (AvgIpc) is 2.76. The third-order valence-corrected chi connectivity index (χ3v) is 4.51. The summed E-state index contributed by atoms with van der Waals surface area (Å²) in [5, 5.41) is 10.0. The second-order valence-corrected chi connectivity index (χ2v) is 6.17. The van der Waals surface area contributed by atoms with Gasteiger partial charge in [-0.2, -0.15) is 5.10 Å². The van der Waals surface area contributed by atoms with Gasteiger partial charge in [0.15, 0.2) is 0 Å². The number of benzene rings is 1. The zero-order chi connectivity index (χ0) is 16.1. The average molecular weight is 315 g/mol. The van der Waals surface area contributed by atoms with Crippen molar-refractivity contribution in [2.24, 2.45) is 11.0 Å². The Morgan fingerprint density at radius 1 is 1.30 bits per heavy atom. The first-order valence-electron chi connectivity index (χ1n) is 8.60. The molecule has 1 aliphatic heterocycles. The van der Waals surface area contributed by atoms with Crippen molar-refractivity contribution in [2.45, 2.75) is 39.0 Å². The van der Waals surface area contributed by atoms with Crippen LogP contribution in [0.2, 0.25) is 0 Å². The van der Waals surface area contributed by atoms with Crippen LogP contribution >= 0.6 is 0 Å². The molecule has 1 aromatic carbocycles. The summed E-state index contributed by atoms with van der Waals surface area (Å²) >= 11 is 0. The van der Waals surface area contributed by atoms with Gasteiger partial charge in [-0.25, -0.2) is 0 Å². The lowest BCUT2D eigenvalue weighted by molar-refractivity contribution is -0.144. The lowest BCUT2D eigenvalue weighted by atomic mass is 9.83. The molecule has 0 spiro atoms. The van der Waals surface area contributed by atoms with Crippen molar-refractivity contribution in [1.29, 1.82) is 0 Å². The molecule has 0 aromatic heterocycles. The summed E-state index contributed by atoms with van der Waals surface area (Å²) < 4.78 is 5.07. The molecule has 0 radical (unpaired) electrons. The second kappa shape index (κ2) is 7.49. The van der Waals surface area contributed by atoms with Crippen LogP contribution in [-0.4, -0.2) is 36.5 Å². The monoisotopic (exact) mass is 315 g/mol. The number of fused-ring (bicyclic) bond motifs is 1. The molecule has 0 saturated heterocycles. The molecule has 5 heteroatoms. The molecule has 23 heavy (non-hydrogen) atoms. The van der Waals surface area contributed by atoms with E-state index in [2.05, 4.69) is 23.5 Å². The highest BCUT2D eigenvalue weighted by Gasteiger charge is 2.26. The van der Waals surface area contributed by atoms with Crippen molar-refractivity contribution in [3.8, 4) is 0 Å². The van der Waals surface area contributed by atoms with Gasteiger partial charge in [0.05, 0.1) is 12.3 Å². The minimum atomic E-state index is -0.230. The quantitative estimate of drug-likeness (QED) is 0.867. The lowest BCUT2D eigenvalue weighted by Gasteiger charge is -2.24. The van der Waals surface area contributed by atoms with Crippen LogP contribution in [0.25, 0.3) is 0 Å². The molecule has 0 atom stereocenters. The molecular formula is C18H25N3O2. The fourth-order valence-electron chi connectivity index (χ4n) is 3.40. The predicted octanol–water partition coefficient (Wildman–Crippen LogP) is 3.22. The molecule has 1 aliphatic carbocycles. The van der Waals surface area contributed by atoms with E-state index >= 15 is 0 Å². The number of carbonyl (C=O) groups is 1. The summed E-state index contributed by atoms with van der Waals surface area (Å²) in [7, 11) is 0. The van der Waals surface area contributed by atoms with E-state index in [0.717, 1.165) is 11.4 Å². The van der Waals surface area contributed by atoms with Gasteiger partial charge in [-0.1, -0.05) is 37.5 Å². The van der Waals surface area contributed by atoms with Crippen LogP contribution in [0.4, 0.5) is 5.69 Å². The van der Waals surface area contributed by atoms with E-state index in [1.807, 2.05) is 13.0 Å². The Kier molecular flexibility index (Phi) is 5.16. The van der Waals surface area contributed by atoms with Gasteiger partial charge in [-0.3, -0.25) is 9.80 Å². The van der Waals surface area contributed by atoms with Gasteiger partial charge >= 0.3 is 5.97 Å². The van der Waals surface area contributed by atoms with Crippen molar-refractivity contribution < 1.29 is 9.53 Å². The van der Waals surface area contributed by atoms with Gasteiger partial charge in [0.1, 0.15) is 13.2 Å². The Hall–Kier alpha value is -2.04. The zero-order valence-corrected chi connectivity index (χ0v) is 13.8. The highest BCUT2D eigenvalue weighted by molar-refractivity contribution is 6.06. The maximum atomic E-state index is 11.8. The summed E-state index contributed by atoms with van der Waals surface area (Å²) in [5.41, 5.74) is 3.39. The van der Waals surface area contributed by atoms with Crippen molar-refractivity contribution >= 4 is 17.4 Å². The number of nitrogens with one attached hydrogen (secondary N) is 1. The van der Waals surface area contributed by atoms with Crippen molar-refractivity contribution in [3.05, 3.63) is 29.8 Å². The standard InChI is InChI=1S/C18H25N3O2/c1-2-23-17(22)12-21-13-19-16-11-7-6-10-15(16)18(20-21)14-8-4-3-5-9-14/h6-7,10-11,14,19H,2-5,8-9,12-13H2,1H3. The summed E-state index contributed by atoms with van der Waals surface area (Å²) in [4.78, 5) is 11.8. The van der Waals surface area contributed by atoms with Crippen molar-refractivity contribution in [1.82, 2.24) is 5.01 Å². The molecule has 3 rings (SSSR count). The van der Waals surface area contributed by atoms with Crippen LogP contribution in [-0.2, 0) is 9.53 Å². The number of anilines is 1. The second-order valence-electron chi connectivity index (χ2n) is 6.17. The molecule has 0 bridgehead atoms. The number of para-hydroxylation sites is 1. The van der Waals surface area contributed by atoms with Gasteiger partial charge in [0.25, 0.3) is 0 Å². The first kappa shape index (κ1) is 15.8. The third-order valence-electron chi connectivity index (χ3n) is 4.51.